The van der Waals surface area contributed by atoms with Gasteiger partial charge in [0.25, 0.3) is 0 Å². The second-order valence-corrected chi connectivity index (χ2v) is 4.92. The Morgan fingerprint density at radius 1 is 1.24 bits per heavy atom. The summed E-state index contributed by atoms with van der Waals surface area (Å²) in [5, 5.41) is 5.57. The van der Waals surface area contributed by atoms with Crippen LogP contribution in [0.5, 0.6) is 0 Å². The molecule has 0 aliphatic heterocycles. The fourth-order valence-corrected chi connectivity index (χ4v) is 1.82. The molecule has 6 heteroatoms. The molecule has 0 aliphatic carbocycles. The molecule has 0 atom stereocenters. The van der Waals surface area contributed by atoms with Crippen molar-refractivity contribution >= 4 is 11.8 Å². The molecule has 2 N–H and O–H groups in total. The van der Waals surface area contributed by atoms with Crippen LogP contribution in [0.25, 0.3) is 0 Å². The number of aromatic nitrogens is 1. The number of furan rings is 1. The summed E-state index contributed by atoms with van der Waals surface area (Å²) in [4.78, 5) is 18.1. The van der Waals surface area contributed by atoms with Gasteiger partial charge in [0.2, 0.25) is 0 Å². The lowest BCUT2D eigenvalue weighted by Crippen LogP contribution is -2.34. The van der Waals surface area contributed by atoms with Gasteiger partial charge in [-0.3, -0.25) is 0 Å². The Balaban J connectivity index is 1.81. The first-order valence-electron chi connectivity index (χ1n) is 6.74. The molecule has 0 radical (unpaired) electrons. The van der Waals surface area contributed by atoms with Crippen molar-refractivity contribution in [2.75, 3.05) is 19.0 Å². The lowest BCUT2D eigenvalue weighted by Gasteiger charge is -2.12. The molecule has 6 nitrogen and oxygen atoms in total. The average Bonchev–Trinajstić information content (AvgIpc) is 2.88. The second kappa shape index (κ2) is 6.78. The van der Waals surface area contributed by atoms with Crippen molar-refractivity contribution in [3.05, 3.63) is 47.5 Å². The zero-order valence-electron chi connectivity index (χ0n) is 12.5. The van der Waals surface area contributed by atoms with Crippen LogP contribution in [0.1, 0.15) is 17.0 Å². The van der Waals surface area contributed by atoms with Gasteiger partial charge in [0.05, 0.1) is 18.5 Å². The molecule has 112 valence electrons. The SMILES string of the molecule is Cc1occc1CNC(=O)NCc1cccc(N(C)C)n1. The van der Waals surface area contributed by atoms with E-state index in [1.165, 1.54) is 0 Å². The molecule has 0 aromatic carbocycles. The van der Waals surface area contributed by atoms with E-state index in [1.807, 2.05) is 50.2 Å². The van der Waals surface area contributed by atoms with Gasteiger partial charge in [0.15, 0.2) is 0 Å². The van der Waals surface area contributed by atoms with E-state index in [-0.39, 0.29) is 6.03 Å². The van der Waals surface area contributed by atoms with Crippen LogP contribution < -0.4 is 15.5 Å². The topological polar surface area (TPSA) is 70.4 Å². The first-order valence-corrected chi connectivity index (χ1v) is 6.74. The minimum Gasteiger partial charge on any atom is -0.469 e. The molecule has 0 bridgehead atoms. The molecule has 21 heavy (non-hydrogen) atoms. The number of carbonyl (C=O) groups excluding carboxylic acids is 1. The fourth-order valence-electron chi connectivity index (χ4n) is 1.82. The van der Waals surface area contributed by atoms with Gasteiger partial charge in [0, 0.05) is 26.2 Å². The van der Waals surface area contributed by atoms with Crippen LogP contribution in [0.2, 0.25) is 0 Å². The van der Waals surface area contributed by atoms with Gasteiger partial charge < -0.3 is 20.0 Å². The number of nitrogens with one attached hydrogen (secondary N) is 2. The third-order valence-electron chi connectivity index (χ3n) is 3.09. The number of urea groups is 1. The van der Waals surface area contributed by atoms with Crippen molar-refractivity contribution in [3.63, 3.8) is 0 Å². The Bertz CT molecular complexity index is 607. The van der Waals surface area contributed by atoms with E-state index in [0.717, 1.165) is 22.8 Å². The molecule has 0 fully saturated rings. The molecule has 2 rings (SSSR count). The minimum atomic E-state index is -0.229. The molecule has 0 unspecified atom stereocenters. The number of aryl methyl sites for hydroxylation is 1. The first-order chi connectivity index (χ1) is 10.1. The van der Waals surface area contributed by atoms with Crippen molar-refractivity contribution < 1.29 is 9.21 Å². The fraction of sp³-hybridized carbons (Fsp3) is 0.333. The third-order valence-corrected chi connectivity index (χ3v) is 3.09. The van der Waals surface area contributed by atoms with E-state index in [0.29, 0.717) is 13.1 Å². The molecule has 0 saturated carbocycles. The predicted octanol–water partition coefficient (Wildman–Crippen LogP) is 2.05. The van der Waals surface area contributed by atoms with E-state index in [1.54, 1.807) is 6.26 Å². The van der Waals surface area contributed by atoms with E-state index in [2.05, 4.69) is 15.6 Å². The summed E-state index contributed by atoms with van der Waals surface area (Å²) in [6.45, 7) is 2.70. The Kier molecular flexibility index (Phi) is 4.81. The van der Waals surface area contributed by atoms with Crippen molar-refractivity contribution in [3.8, 4) is 0 Å². The average molecular weight is 288 g/mol. The van der Waals surface area contributed by atoms with Crippen LogP contribution in [0, 0.1) is 6.92 Å². The lowest BCUT2D eigenvalue weighted by atomic mass is 10.2. The van der Waals surface area contributed by atoms with Crippen LogP contribution in [0.4, 0.5) is 10.6 Å². The number of hydrogen-bond donors (Lipinski definition) is 2. The minimum absolute atomic E-state index is 0.229. The maximum absolute atomic E-state index is 11.8. The number of anilines is 1. The van der Waals surface area contributed by atoms with E-state index in [4.69, 9.17) is 4.42 Å². The molecular formula is C15H20N4O2. The normalized spacial score (nSPS) is 10.2. The number of amides is 2. The lowest BCUT2D eigenvalue weighted by molar-refractivity contribution is 0.240. The first kappa shape index (κ1) is 14.9. The zero-order valence-corrected chi connectivity index (χ0v) is 12.5. The van der Waals surface area contributed by atoms with Gasteiger partial charge in [-0.05, 0) is 25.1 Å². The largest absolute Gasteiger partial charge is 0.469 e. The molecule has 2 aromatic rings. The summed E-state index contributed by atoms with van der Waals surface area (Å²) >= 11 is 0. The highest BCUT2D eigenvalue weighted by Crippen LogP contribution is 2.08. The Morgan fingerprint density at radius 3 is 2.67 bits per heavy atom. The quantitative estimate of drug-likeness (QED) is 0.883. The van der Waals surface area contributed by atoms with E-state index < -0.39 is 0 Å². The van der Waals surface area contributed by atoms with Gasteiger partial charge in [-0.15, -0.1) is 0 Å². The van der Waals surface area contributed by atoms with Crippen LogP contribution in [-0.4, -0.2) is 25.1 Å². The molecule has 2 aromatic heterocycles. The summed E-state index contributed by atoms with van der Waals surface area (Å²) in [6, 6.07) is 7.34. The van der Waals surface area contributed by atoms with Gasteiger partial charge in [-0.1, -0.05) is 6.07 Å². The Labute approximate surface area is 124 Å². The molecule has 0 spiro atoms. The number of nitrogens with zero attached hydrogens (tertiary/aromatic N) is 2. The van der Waals surface area contributed by atoms with Crippen LogP contribution in [0.3, 0.4) is 0 Å². The van der Waals surface area contributed by atoms with Crippen LogP contribution in [-0.2, 0) is 13.1 Å². The number of pyridine rings is 1. The predicted molar refractivity (Wildman–Crippen MR) is 81.1 cm³/mol. The summed E-state index contributed by atoms with van der Waals surface area (Å²) in [5.41, 5.74) is 1.79. The van der Waals surface area contributed by atoms with Crippen LogP contribution in [0.15, 0.2) is 34.9 Å². The van der Waals surface area contributed by atoms with Crippen molar-refractivity contribution in [1.29, 1.82) is 0 Å². The molecule has 0 aliphatic rings. The standard InChI is InChI=1S/C15H20N4O2/c1-11-12(7-8-21-11)9-16-15(20)17-10-13-5-4-6-14(18-13)19(2)3/h4-8H,9-10H2,1-3H3,(H2,16,17,20). The van der Waals surface area contributed by atoms with Gasteiger partial charge >= 0.3 is 6.03 Å². The van der Waals surface area contributed by atoms with Crippen molar-refractivity contribution in [2.24, 2.45) is 0 Å². The van der Waals surface area contributed by atoms with Gasteiger partial charge in [-0.25, -0.2) is 9.78 Å². The second-order valence-electron chi connectivity index (χ2n) is 4.92. The summed E-state index contributed by atoms with van der Waals surface area (Å²) < 4.78 is 5.18. The number of hydrogen-bond acceptors (Lipinski definition) is 4. The Morgan fingerprint density at radius 2 is 2.00 bits per heavy atom. The highest BCUT2D eigenvalue weighted by Gasteiger charge is 2.05. The van der Waals surface area contributed by atoms with E-state index >= 15 is 0 Å². The third kappa shape index (κ3) is 4.24. The molecule has 2 heterocycles. The maximum Gasteiger partial charge on any atom is 0.315 e. The molecule has 0 saturated heterocycles. The van der Waals surface area contributed by atoms with Crippen LogP contribution >= 0.6 is 0 Å². The number of carbonyl (C=O) groups is 1. The van der Waals surface area contributed by atoms with Gasteiger partial charge in [-0.2, -0.15) is 0 Å². The zero-order chi connectivity index (χ0) is 15.2. The maximum atomic E-state index is 11.8. The summed E-state index contributed by atoms with van der Waals surface area (Å²) in [6.07, 6.45) is 1.61. The highest BCUT2D eigenvalue weighted by atomic mass is 16.3. The summed E-state index contributed by atoms with van der Waals surface area (Å²) in [5.74, 6) is 1.68. The smallest absolute Gasteiger partial charge is 0.315 e. The van der Waals surface area contributed by atoms with Crippen molar-refractivity contribution in [1.82, 2.24) is 15.6 Å². The highest BCUT2D eigenvalue weighted by molar-refractivity contribution is 5.73. The Hall–Kier alpha value is -2.50. The van der Waals surface area contributed by atoms with Gasteiger partial charge in [0.1, 0.15) is 11.6 Å². The monoisotopic (exact) mass is 288 g/mol. The van der Waals surface area contributed by atoms with Crippen molar-refractivity contribution in [2.45, 2.75) is 20.0 Å². The molecular weight excluding hydrogens is 268 g/mol. The summed E-state index contributed by atoms with van der Waals surface area (Å²) in [7, 11) is 3.86. The number of rotatable bonds is 5. The van der Waals surface area contributed by atoms with E-state index in [9.17, 15) is 4.79 Å². The molecule has 2 amide bonds.